The summed E-state index contributed by atoms with van der Waals surface area (Å²) in [6.45, 7) is 2.10. The summed E-state index contributed by atoms with van der Waals surface area (Å²) in [5.41, 5.74) is 4.61. The molecule has 0 bridgehead atoms. The predicted molar refractivity (Wildman–Crippen MR) is 134 cm³/mol. The van der Waals surface area contributed by atoms with E-state index in [2.05, 4.69) is 29.6 Å². The molecule has 2 aliphatic carbocycles. The third-order valence-corrected chi connectivity index (χ3v) is 8.67. The second kappa shape index (κ2) is 9.93. The summed E-state index contributed by atoms with van der Waals surface area (Å²) in [6.07, 6.45) is 2.11. The largest absolute Gasteiger partial charge is 0.480 e. The summed E-state index contributed by atoms with van der Waals surface area (Å²) in [4.78, 5) is 39.1. The molecule has 8 heteroatoms. The molecule has 35 heavy (non-hydrogen) atoms. The zero-order valence-electron chi connectivity index (χ0n) is 19.7. The van der Waals surface area contributed by atoms with Gasteiger partial charge in [0.05, 0.1) is 5.37 Å². The highest BCUT2D eigenvalue weighted by Crippen LogP contribution is 2.46. The maximum atomic E-state index is 13.2. The summed E-state index contributed by atoms with van der Waals surface area (Å²) in [5, 5.41) is 12.4. The third kappa shape index (κ3) is 4.76. The van der Waals surface area contributed by atoms with Crippen LogP contribution in [0.3, 0.4) is 0 Å². The summed E-state index contributed by atoms with van der Waals surface area (Å²) in [5.74, 6) is -0.425. The van der Waals surface area contributed by atoms with Crippen molar-refractivity contribution in [2.75, 3.05) is 12.4 Å². The van der Waals surface area contributed by atoms with Crippen molar-refractivity contribution in [1.29, 1.82) is 0 Å². The molecule has 2 N–H and O–H groups in total. The Balaban J connectivity index is 1.20. The molecule has 1 saturated heterocycles. The predicted octanol–water partition coefficient (Wildman–Crippen LogP) is 4.46. The van der Waals surface area contributed by atoms with Crippen molar-refractivity contribution in [2.24, 2.45) is 5.92 Å². The standard InChI is InChI=1S/C27H30N2O5S/c1-2-17(13-24(30)29-23(26(31)32)15-35-25(29)16-11-12-16)28-27(33)34-14-22-20-9-5-3-7-18(20)19-8-4-6-10-21(19)22/h3-10,16-17,22-23,25H,2,11-15H2,1H3,(H,28,33)(H,31,32)/t17-,23?,25?/m0/s1. The number of aliphatic carboxylic acids is 1. The number of hydrogen-bond donors (Lipinski definition) is 2. The topological polar surface area (TPSA) is 95.9 Å². The molecule has 1 saturated carbocycles. The number of ether oxygens (including phenoxy) is 1. The smallest absolute Gasteiger partial charge is 0.407 e. The molecular weight excluding hydrogens is 464 g/mol. The molecular formula is C27H30N2O5S. The number of nitrogens with one attached hydrogen (secondary N) is 1. The maximum absolute atomic E-state index is 13.2. The van der Waals surface area contributed by atoms with Crippen molar-refractivity contribution in [2.45, 2.75) is 56.0 Å². The second-order valence-corrected chi connectivity index (χ2v) is 10.6. The number of carboxylic acids is 1. The summed E-state index contributed by atoms with van der Waals surface area (Å²) in [7, 11) is 0. The Hall–Kier alpha value is -3.00. The number of nitrogens with zero attached hydrogens (tertiary/aromatic N) is 1. The minimum Gasteiger partial charge on any atom is -0.480 e. The average Bonchev–Trinajstić information content (AvgIpc) is 3.52. The van der Waals surface area contributed by atoms with Crippen molar-refractivity contribution in [3.05, 3.63) is 59.7 Å². The summed E-state index contributed by atoms with van der Waals surface area (Å²) >= 11 is 1.56. The molecule has 1 aliphatic heterocycles. The Morgan fingerprint density at radius 2 is 1.71 bits per heavy atom. The van der Waals surface area contributed by atoms with Crippen LogP contribution in [0.4, 0.5) is 4.79 Å². The van der Waals surface area contributed by atoms with E-state index in [4.69, 9.17) is 4.74 Å². The fourth-order valence-corrected chi connectivity index (χ4v) is 6.85. The van der Waals surface area contributed by atoms with Crippen LogP contribution in [0, 0.1) is 5.92 Å². The second-order valence-electron chi connectivity index (χ2n) is 9.50. The molecule has 184 valence electrons. The van der Waals surface area contributed by atoms with Gasteiger partial charge in [-0.05, 0) is 47.4 Å². The highest BCUT2D eigenvalue weighted by Gasteiger charge is 2.48. The molecule has 2 aromatic carbocycles. The van der Waals surface area contributed by atoms with Gasteiger partial charge in [0.25, 0.3) is 0 Å². The highest BCUT2D eigenvalue weighted by atomic mass is 32.2. The average molecular weight is 495 g/mol. The Morgan fingerprint density at radius 3 is 2.29 bits per heavy atom. The lowest BCUT2D eigenvalue weighted by atomic mass is 9.98. The van der Waals surface area contributed by atoms with Crippen LogP contribution in [0.5, 0.6) is 0 Å². The van der Waals surface area contributed by atoms with Crippen LogP contribution in [0.15, 0.2) is 48.5 Å². The van der Waals surface area contributed by atoms with Gasteiger partial charge in [0.2, 0.25) is 5.91 Å². The molecule has 7 nitrogen and oxygen atoms in total. The van der Waals surface area contributed by atoms with E-state index in [-0.39, 0.29) is 30.2 Å². The van der Waals surface area contributed by atoms with Crippen molar-refractivity contribution >= 4 is 29.7 Å². The van der Waals surface area contributed by atoms with E-state index >= 15 is 0 Å². The van der Waals surface area contributed by atoms with Crippen LogP contribution in [0.1, 0.15) is 49.7 Å². The number of carbonyl (C=O) groups excluding carboxylic acids is 2. The van der Waals surface area contributed by atoms with Gasteiger partial charge in [0.1, 0.15) is 12.6 Å². The molecule has 0 spiro atoms. The molecule has 2 amide bonds. The molecule has 5 rings (SSSR count). The minimum absolute atomic E-state index is 0.0351. The molecule has 3 aliphatic rings. The van der Waals surface area contributed by atoms with Gasteiger partial charge in [-0.1, -0.05) is 55.5 Å². The van der Waals surface area contributed by atoms with Crippen molar-refractivity contribution in [1.82, 2.24) is 10.2 Å². The number of carbonyl (C=O) groups is 3. The van der Waals surface area contributed by atoms with E-state index in [1.807, 2.05) is 31.2 Å². The minimum atomic E-state index is -0.966. The molecule has 0 aromatic heterocycles. The summed E-state index contributed by atoms with van der Waals surface area (Å²) in [6, 6.07) is 15.1. The SMILES string of the molecule is CC[C@@H](CC(=O)N1C(C(=O)O)CSC1C1CC1)NC(=O)OCC1c2ccccc2-c2ccccc21. The number of carboxylic acid groups (broad SMARTS) is 1. The van der Waals surface area contributed by atoms with Crippen molar-refractivity contribution < 1.29 is 24.2 Å². The number of benzene rings is 2. The van der Waals surface area contributed by atoms with Crippen LogP contribution in [0.25, 0.3) is 11.1 Å². The van der Waals surface area contributed by atoms with E-state index in [1.165, 1.54) is 0 Å². The molecule has 1 heterocycles. The van der Waals surface area contributed by atoms with E-state index in [0.29, 0.717) is 18.1 Å². The van der Waals surface area contributed by atoms with Gasteiger partial charge in [-0.25, -0.2) is 9.59 Å². The van der Waals surface area contributed by atoms with Gasteiger partial charge in [-0.2, -0.15) is 0 Å². The van der Waals surface area contributed by atoms with Crippen LogP contribution < -0.4 is 5.32 Å². The monoisotopic (exact) mass is 494 g/mol. The first-order valence-electron chi connectivity index (χ1n) is 12.2. The van der Waals surface area contributed by atoms with Gasteiger partial charge in [-0.3, -0.25) is 4.79 Å². The normalized spacial score (nSPS) is 21.8. The first-order valence-corrected chi connectivity index (χ1v) is 13.3. The number of amides is 2. The first-order chi connectivity index (χ1) is 17.0. The van der Waals surface area contributed by atoms with Gasteiger partial charge in [0, 0.05) is 24.1 Å². The third-order valence-electron chi connectivity index (χ3n) is 7.21. The number of fused-ring (bicyclic) bond motifs is 3. The molecule has 2 unspecified atom stereocenters. The molecule has 2 fully saturated rings. The molecule has 3 atom stereocenters. The van der Waals surface area contributed by atoms with Gasteiger partial charge < -0.3 is 20.1 Å². The molecule has 2 aromatic rings. The zero-order valence-corrected chi connectivity index (χ0v) is 20.5. The van der Waals surface area contributed by atoms with Gasteiger partial charge in [-0.15, -0.1) is 11.8 Å². The number of rotatable bonds is 8. The molecule has 0 radical (unpaired) electrons. The fourth-order valence-electron chi connectivity index (χ4n) is 5.20. The lowest BCUT2D eigenvalue weighted by Gasteiger charge is -2.29. The number of hydrogen-bond acceptors (Lipinski definition) is 5. The van der Waals surface area contributed by atoms with E-state index < -0.39 is 24.1 Å². The fraction of sp³-hybridized carbons (Fsp3) is 0.444. The number of alkyl carbamates (subject to hydrolysis) is 1. The number of thioether (sulfide) groups is 1. The van der Waals surface area contributed by atoms with Crippen LogP contribution in [-0.4, -0.2) is 57.8 Å². The Kier molecular flexibility index (Phi) is 6.73. The van der Waals surface area contributed by atoms with Crippen molar-refractivity contribution in [3.63, 3.8) is 0 Å². The van der Waals surface area contributed by atoms with Gasteiger partial charge in [0.15, 0.2) is 0 Å². The highest BCUT2D eigenvalue weighted by molar-refractivity contribution is 8.00. The summed E-state index contributed by atoms with van der Waals surface area (Å²) < 4.78 is 5.63. The Labute approximate surface area is 209 Å². The van der Waals surface area contributed by atoms with Crippen molar-refractivity contribution in [3.8, 4) is 11.1 Å². The van der Waals surface area contributed by atoms with E-state index in [0.717, 1.165) is 35.1 Å². The Morgan fingerprint density at radius 1 is 1.09 bits per heavy atom. The Bertz CT molecular complexity index is 1090. The van der Waals surface area contributed by atoms with Crippen LogP contribution >= 0.6 is 11.8 Å². The van der Waals surface area contributed by atoms with E-state index in [1.54, 1.807) is 16.7 Å². The first kappa shape index (κ1) is 23.7. The lowest BCUT2D eigenvalue weighted by Crippen LogP contribution is -2.48. The van der Waals surface area contributed by atoms with E-state index in [9.17, 15) is 19.5 Å². The maximum Gasteiger partial charge on any atom is 0.407 e. The van der Waals surface area contributed by atoms with Crippen LogP contribution in [0.2, 0.25) is 0 Å². The van der Waals surface area contributed by atoms with Crippen LogP contribution in [-0.2, 0) is 14.3 Å². The lowest BCUT2D eigenvalue weighted by molar-refractivity contribution is -0.149. The van der Waals surface area contributed by atoms with Gasteiger partial charge >= 0.3 is 12.1 Å². The zero-order chi connectivity index (χ0) is 24.5. The quantitative estimate of drug-likeness (QED) is 0.563.